The van der Waals surface area contributed by atoms with Gasteiger partial charge in [0, 0.05) is 36.2 Å². The van der Waals surface area contributed by atoms with Gasteiger partial charge in [0.15, 0.2) is 5.82 Å². The minimum absolute atomic E-state index is 0.0985. The Labute approximate surface area is 244 Å². The number of hydrogen-bond acceptors (Lipinski definition) is 11. The lowest BCUT2D eigenvalue weighted by Crippen LogP contribution is -2.27. The topological polar surface area (TPSA) is 164 Å². The molecular weight excluding hydrogens is 544 g/mol. The summed E-state index contributed by atoms with van der Waals surface area (Å²) in [7, 11) is 0. The van der Waals surface area contributed by atoms with E-state index < -0.39 is 0 Å². The third kappa shape index (κ3) is 12.6. The Balaban J connectivity index is 1.08. The van der Waals surface area contributed by atoms with E-state index in [2.05, 4.69) is 31.0 Å². The van der Waals surface area contributed by atoms with Gasteiger partial charge < -0.3 is 29.6 Å². The number of benzene rings is 2. The van der Waals surface area contributed by atoms with E-state index in [0.717, 1.165) is 17.4 Å². The van der Waals surface area contributed by atoms with Gasteiger partial charge in [-0.25, -0.2) is 0 Å². The van der Waals surface area contributed by atoms with E-state index in [1.807, 2.05) is 24.3 Å². The van der Waals surface area contributed by atoms with Gasteiger partial charge in [0.05, 0.1) is 52.9 Å². The first-order chi connectivity index (χ1) is 20.5. The van der Waals surface area contributed by atoms with Crippen LogP contribution in [-0.4, -0.2) is 97.9 Å². The van der Waals surface area contributed by atoms with Gasteiger partial charge in [-0.05, 0) is 24.6 Å². The van der Waals surface area contributed by atoms with Crippen LogP contribution in [0.2, 0.25) is 0 Å². The molecule has 0 aliphatic carbocycles. The summed E-state index contributed by atoms with van der Waals surface area (Å²) in [6.45, 7) is 5.62. The Bertz CT molecular complexity index is 1220. The van der Waals surface area contributed by atoms with Crippen LogP contribution in [0.25, 0.3) is 11.4 Å². The fraction of sp³-hybridized carbons (Fsp3) is 0.414. The fourth-order valence-electron chi connectivity index (χ4n) is 3.43. The van der Waals surface area contributed by atoms with E-state index >= 15 is 0 Å². The Morgan fingerprint density at radius 3 is 1.88 bits per heavy atom. The molecule has 0 unspecified atom stereocenters. The van der Waals surface area contributed by atoms with E-state index in [0.29, 0.717) is 88.7 Å². The summed E-state index contributed by atoms with van der Waals surface area (Å²) < 4.78 is 21.8. The van der Waals surface area contributed by atoms with Crippen LogP contribution in [0.3, 0.4) is 0 Å². The predicted molar refractivity (Wildman–Crippen MR) is 152 cm³/mol. The second kappa shape index (κ2) is 19.0. The third-order valence-corrected chi connectivity index (χ3v) is 5.71. The number of carbonyl (C=O) groups excluding carboxylic acids is 3. The number of hydrogen-bond donors (Lipinski definition) is 2. The summed E-state index contributed by atoms with van der Waals surface area (Å²) in [6.07, 6.45) is 0.988. The molecule has 0 saturated heterocycles. The summed E-state index contributed by atoms with van der Waals surface area (Å²) in [4.78, 5) is 34.7. The normalized spacial score (nSPS) is 10.8. The lowest BCUT2D eigenvalue weighted by Gasteiger charge is -2.09. The molecule has 0 fully saturated rings. The second-order valence-corrected chi connectivity index (χ2v) is 8.94. The van der Waals surface area contributed by atoms with Gasteiger partial charge in [-0.15, -0.1) is 20.4 Å². The maximum absolute atomic E-state index is 12.1. The maximum Gasteiger partial charge on any atom is 0.251 e. The van der Waals surface area contributed by atoms with E-state index in [4.69, 9.17) is 18.9 Å². The molecule has 3 rings (SSSR count). The van der Waals surface area contributed by atoms with Gasteiger partial charge in [-0.3, -0.25) is 14.4 Å². The highest BCUT2D eigenvalue weighted by molar-refractivity contribution is 5.94. The number of aldehydes is 1. The van der Waals surface area contributed by atoms with Gasteiger partial charge in [-0.1, -0.05) is 36.4 Å². The summed E-state index contributed by atoms with van der Waals surface area (Å²) >= 11 is 0. The van der Waals surface area contributed by atoms with Crippen molar-refractivity contribution in [3.05, 3.63) is 71.0 Å². The highest BCUT2D eigenvalue weighted by Crippen LogP contribution is 2.14. The first-order valence-corrected chi connectivity index (χ1v) is 13.6. The van der Waals surface area contributed by atoms with Crippen LogP contribution in [-0.2, 0) is 30.3 Å². The molecule has 2 aromatic carbocycles. The third-order valence-electron chi connectivity index (χ3n) is 5.71. The number of aromatic nitrogens is 4. The van der Waals surface area contributed by atoms with E-state index in [9.17, 15) is 14.4 Å². The SMILES string of the molecule is Cc1nnc(-c2ccc(CNC(=O)CCOCCOCCOCCOCCNC(=O)c3ccc(C=O)cc3)cc2)nn1. The Morgan fingerprint density at radius 1 is 0.714 bits per heavy atom. The quantitative estimate of drug-likeness (QED) is 0.147. The molecule has 224 valence electrons. The zero-order valence-electron chi connectivity index (χ0n) is 23.6. The van der Waals surface area contributed by atoms with Gasteiger partial charge in [0.1, 0.15) is 6.29 Å². The predicted octanol–water partition coefficient (Wildman–Crippen LogP) is 1.56. The van der Waals surface area contributed by atoms with Crippen LogP contribution >= 0.6 is 0 Å². The molecular formula is C29H36N6O7. The number of carbonyl (C=O) groups is 3. The molecule has 0 atom stereocenters. The summed E-state index contributed by atoms with van der Waals surface area (Å²) in [5.74, 6) is 0.644. The average molecular weight is 581 g/mol. The molecule has 13 nitrogen and oxygen atoms in total. The second-order valence-electron chi connectivity index (χ2n) is 8.94. The molecule has 0 radical (unpaired) electrons. The van der Waals surface area contributed by atoms with Crippen molar-refractivity contribution in [1.29, 1.82) is 0 Å². The van der Waals surface area contributed by atoms with Crippen molar-refractivity contribution in [3.8, 4) is 11.4 Å². The molecule has 0 aliphatic rings. The molecule has 0 bridgehead atoms. The van der Waals surface area contributed by atoms with E-state index in [1.54, 1.807) is 31.2 Å². The van der Waals surface area contributed by atoms with Crippen LogP contribution < -0.4 is 10.6 Å². The maximum atomic E-state index is 12.1. The van der Waals surface area contributed by atoms with Gasteiger partial charge in [-0.2, -0.15) is 0 Å². The first-order valence-electron chi connectivity index (χ1n) is 13.6. The summed E-state index contributed by atoms with van der Waals surface area (Å²) in [5, 5.41) is 21.4. The number of nitrogens with zero attached hydrogens (tertiary/aromatic N) is 4. The lowest BCUT2D eigenvalue weighted by atomic mass is 10.1. The van der Waals surface area contributed by atoms with Crippen molar-refractivity contribution in [2.45, 2.75) is 19.9 Å². The number of rotatable bonds is 20. The average Bonchev–Trinajstić information content (AvgIpc) is 3.02. The molecule has 2 amide bonds. The van der Waals surface area contributed by atoms with Crippen LogP contribution in [0, 0.1) is 6.92 Å². The molecule has 0 saturated carbocycles. The number of aryl methyl sites for hydroxylation is 1. The molecule has 1 heterocycles. The molecule has 0 aliphatic heterocycles. The summed E-state index contributed by atoms with van der Waals surface area (Å²) in [6, 6.07) is 13.9. The highest BCUT2D eigenvalue weighted by Gasteiger charge is 2.06. The lowest BCUT2D eigenvalue weighted by molar-refractivity contribution is -0.122. The Kier molecular flexibility index (Phi) is 14.7. The van der Waals surface area contributed by atoms with Crippen molar-refractivity contribution in [2.24, 2.45) is 0 Å². The van der Waals surface area contributed by atoms with Crippen LogP contribution in [0.5, 0.6) is 0 Å². The van der Waals surface area contributed by atoms with Crippen LogP contribution in [0.15, 0.2) is 48.5 Å². The summed E-state index contributed by atoms with van der Waals surface area (Å²) in [5.41, 5.74) is 2.76. The van der Waals surface area contributed by atoms with Gasteiger partial charge in [0.2, 0.25) is 11.7 Å². The van der Waals surface area contributed by atoms with Crippen LogP contribution in [0.1, 0.15) is 38.5 Å². The molecule has 1 aromatic heterocycles. The molecule has 42 heavy (non-hydrogen) atoms. The number of amides is 2. The Hall–Kier alpha value is -4.17. The smallest absolute Gasteiger partial charge is 0.251 e. The van der Waals surface area contributed by atoms with Gasteiger partial charge in [0.25, 0.3) is 5.91 Å². The molecule has 0 spiro atoms. The Morgan fingerprint density at radius 2 is 1.29 bits per heavy atom. The van der Waals surface area contributed by atoms with Crippen molar-refractivity contribution in [2.75, 3.05) is 59.4 Å². The molecule has 13 heteroatoms. The minimum atomic E-state index is -0.221. The van der Waals surface area contributed by atoms with Crippen molar-refractivity contribution >= 4 is 18.1 Å². The first kappa shape index (κ1) is 32.3. The zero-order chi connectivity index (χ0) is 29.8. The van der Waals surface area contributed by atoms with Crippen molar-refractivity contribution in [1.82, 2.24) is 31.0 Å². The van der Waals surface area contributed by atoms with Gasteiger partial charge >= 0.3 is 0 Å². The minimum Gasteiger partial charge on any atom is -0.379 e. The zero-order valence-corrected chi connectivity index (χ0v) is 23.6. The number of ether oxygens (including phenoxy) is 4. The van der Waals surface area contributed by atoms with E-state index in [-0.39, 0.29) is 18.2 Å². The largest absolute Gasteiger partial charge is 0.379 e. The van der Waals surface area contributed by atoms with Crippen molar-refractivity contribution in [3.63, 3.8) is 0 Å². The van der Waals surface area contributed by atoms with E-state index in [1.165, 1.54) is 0 Å². The standard InChI is InChI=1S/C29H36N6O7/c1-22-32-34-28(35-33-22)25-6-2-23(3-7-25)20-31-27(37)10-12-39-14-16-41-18-19-42-17-15-40-13-11-30-29(38)26-8-4-24(21-36)5-9-26/h2-9,21H,10-20H2,1H3,(H,30,38)(H,31,37). The van der Waals surface area contributed by atoms with Crippen molar-refractivity contribution < 1.29 is 33.3 Å². The fourth-order valence-corrected chi connectivity index (χ4v) is 3.43. The monoisotopic (exact) mass is 580 g/mol. The van der Waals surface area contributed by atoms with Crippen LogP contribution in [0.4, 0.5) is 0 Å². The number of nitrogens with one attached hydrogen (secondary N) is 2. The highest BCUT2D eigenvalue weighted by atomic mass is 16.6. The molecule has 2 N–H and O–H groups in total. The molecule has 3 aromatic rings.